The fraction of sp³-hybridized carbons (Fsp3) is 0.267. The van der Waals surface area contributed by atoms with Crippen molar-refractivity contribution in [1.82, 2.24) is 19.8 Å². The summed E-state index contributed by atoms with van der Waals surface area (Å²) < 4.78 is 26.4. The van der Waals surface area contributed by atoms with E-state index in [4.69, 9.17) is 23.2 Å². The number of nitrogens with zero attached hydrogens (tertiary/aromatic N) is 3. The van der Waals surface area contributed by atoms with Crippen molar-refractivity contribution in [3.8, 4) is 0 Å². The molecule has 0 radical (unpaired) electrons. The molecule has 1 aromatic heterocycles. The van der Waals surface area contributed by atoms with E-state index in [1.165, 1.54) is 25.3 Å². The van der Waals surface area contributed by atoms with Crippen LogP contribution < -0.4 is 5.32 Å². The number of hydrogen-bond acceptors (Lipinski definition) is 3. The minimum Gasteiger partial charge on any atom is -0.319 e. The van der Waals surface area contributed by atoms with E-state index >= 15 is 0 Å². The maximum atomic E-state index is 12.9. The largest absolute Gasteiger partial charge is 0.325 e. The second-order valence-electron chi connectivity index (χ2n) is 5.60. The van der Waals surface area contributed by atoms with E-state index in [9.17, 15) is 18.4 Å². The van der Waals surface area contributed by atoms with Crippen LogP contribution in [0.25, 0.3) is 0 Å². The molecule has 1 fully saturated rings. The zero-order valence-corrected chi connectivity index (χ0v) is 14.4. The van der Waals surface area contributed by atoms with Crippen molar-refractivity contribution in [3.63, 3.8) is 0 Å². The van der Waals surface area contributed by atoms with Crippen LogP contribution in [-0.2, 0) is 16.9 Å². The zero-order valence-electron chi connectivity index (χ0n) is 12.8. The predicted octanol–water partition coefficient (Wildman–Crippen LogP) is 3.55. The van der Waals surface area contributed by atoms with E-state index < -0.39 is 24.0 Å². The van der Waals surface area contributed by atoms with Gasteiger partial charge in [-0.05, 0) is 19.1 Å². The molecule has 1 N–H and O–H groups in total. The molecule has 0 bridgehead atoms. The van der Waals surface area contributed by atoms with E-state index in [0.29, 0.717) is 15.2 Å². The highest BCUT2D eigenvalue weighted by Gasteiger charge is 2.50. The van der Waals surface area contributed by atoms with Gasteiger partial charge in [-0.2, -0.15) is 8.78 Å². The van der Waals surface area contributed by atoms with Crippen LogP contribution in [0, 0.1) is 0 Å². The van der Waals surface area contributed by atoms with Crippen LogP contribution in [0.4, 0.5) is 13.6 Å². The van der Waals surface area contributed by atoms with Crippen molar-refractivity contribution in [2.75, 3.05) is 0 Å². The number of hydrogen-bond donors (Lipinski definition) is 1. The lowest BCUT2D eigenvalue weighted by Gasteiger charge is -2.23. The minimum atomic E-state index is -2.82. The van der Waals surface area contributed by atoms with Crippen molar-refractivity contribution >= 4 is 35.1 Å². The molecule has 0 spiro atoms. The van der Waals surface area contributed by atoms with Crippen LogP contribution in [0.15, 0.2) is 30.6 Å². The van der Waals surface area contributed by atoms with Gasteiger partial charge in [-0.15, -0.1) is 0 Å². The maximum absolute atomic E-state index is 12.9. The number of aromatic nitrogens is 2. The van der Waals surface area contributed by atoms with Crippen LogP contribution in [0.2, 0.25) is 10.0 Å². The number of carbonyl (C=O) groups is 2. The molecular formula is C15H12Cl2F2N4O2. The SMILES string of the molecule is CC1(c2ccc(Cl)cc2Cl)NC(=O)N(Cc2nccn2C(F)F)C1=O. The maximum Gasteiger partial charge on any atom is 0.325 e. The molecule has 1 aliphatic rings. The zero-order chi connectivity index (χ0) is 18.4. The van der Waals surface area contributed by atoms with Crippen LogP contribution >= 0.6 is 23.2 Å². The highest BCUT2D eigenvalue weighted by Crippen LogP contribution is 2.35. The van der Waals surface area contributed by atoms with Crippen molar-refractivity contribution in [2.45, 2.75) is 25.6 Å². The number of urea groups is 1. The van der Waals surface area contributed by atoms with E-state index in [1.807, 2.05) is 0 Å². The first-order valence-electron chi connectivity index (χ1n) is 7.13. The van der Waals surface area contributed by atoms with Gasteiger partial charge in [0.25, 0.3) is 5.91 Å². The number of nitrogens with one attached hydrogen (secondary N) is 1. The van der Waals surface area contributed by atoms with Crippen LogP contribution in [-0.4, -0.2) is 26.4 Å². The molecule has 2 aromatic rings. The Morgan fingerprint density at radius 2 is 2.04 bits per heavy atom. The number of imidazole rings is 1. The van der Waals surface area contributed by atoms with Gasteiger partial charge in [0.05, 0.1) is 6.54 Å². The van der Waals surface area contributed by atoms with E-state index in [2.05, 4.69) is 10.3 Å². The molecule has 25 heavy (non-hydrogen) atoms. The average Bonchev–Trinajstić information content (AvgIpc) is 3.07. The number of imide groups is 1. The van der Waals surface area contributed by atoms with Crippen molar-refractivity contribution in [3.05, 3.63) is 52.0 Å². The molecule has 1 atom stereocenters. The molecule has 3 amide bonds. The van der Waals surface area contributed by atoms with Gasteiger partial charge in [0, 0.05) is 28.0 Å². The van der Waals surface area contributed by atoms with Gasteiger partial charge in [-0.3, -0.25) is 14.3 Å². The first-order chi connectivity index (χ1) is 11.7. The molecule has 1 aromatic carbocycles. The van der Waals surface area contributed by atoms with Gasteiger partial charge in [-0.25, -0.2) is 9.78 Å². The number of amides is 3. The third-order valence-corrected chi connectivity index (χ3v) is 4.55. The van der Waals surface area contributed by atoms with Gasteiger partial charge in [-0.1, -0.05) is 29.3 Å². The normalized spacial score (nSPS) is 20.5. The lowest BCUT2D eigenvalue weighted by Crippen LogP contribution is -2.41. The standard InChI is InChI=1S/C15H12Cl2F2N4O2/c1-15(9-3-2-8(16)6-10(9)17)12(24)23(14(25)21-15)7-11-20-4-5-22(11)13(18)19/h2-6,13H,7H2,1H3,(H,21,25). The third-order valence-electron chi connectivity index (χ3n) is 4.00. The van der Waals surface area contributed by atoms with Crippen molar-refractivity contribution in [2.24, 2.45) is 0 Å². The summed E-state index contributed by atoms with van der Waals surface area (Å²) in [7, 11) is 0. The monoisotopic (exact) mass is 388 g/mol. The van der Waals surface area contributed by atoms with Crippen molar-refractivity contribution < 1.29 is 18.4 Å². The highest BCUT2D eigenvalue weighted by atomic mass is 35.5. The Kier molecular flexibility index (Phi) is 4.42. The Morgan fingerprint density at radius 3 is 2.68 bits per heavy atom. The highest BCUT2D eigenvalue weighted by molar-refractivity contribution is 6.35. The van der Waals surface area contributed by atoms with Gasteiger partial charge in [0.15, 0.2) is 0 Å². The van der Waals surface area contributed by atoms with E-state index in [1.54, 1.807) is 6.07 Å². The summed E-state index contributed by atoms with van der Waals surface area (Å²) in [6.45, 7) is -1.72. The first-order valence-corrected chi connectivity index (χ1v) is 7.89. The predicted molar refractivity (Wildman–Crippen MR) is 86.4 cm³/mol. The Balaban J connectivity index is 1.93. The molecule has 2 heterocycles. The average molecular weight is 389 g/mol. The van der Waals surface area contributed by atoms with Crippen LogP contribution in [0.5, 0.6) is 0 Å². The summed E-state index contributed by atoms with van der Waals surface area (Å²) in [5.74, 6) is -0.726. The van der Waals surface area contributed by atoms with E-state index in [0.717, 1.165) is 11.1 Å². The number of rotatable bonds is 4. The Morgan fingerprint density at radius 1 is 1.32 bits per heavy atom. The molecule has 6 nitrogen and oxygen atoms in total. The molecule has 1 aliphatic heterocycles. The Labute approximate surface area is 151 Å². The van der Waals surface area contributed by atoms with Gasteiger partial charge < -0.3 is 5.32 Å². The third kappa shape index (κ3) is 2.96. The van der Waals surface area contributed by atoms with E-state index in [-0.39, 0.29) is 17.4 Å². The molecule has 3 rings (SSSR count). The molecule has 0 aliphatic carbocycles. The Hall–Kier alpha value is -2.19. The summed E-state index contributed by atoms with van der Waals surface area (Å²) >= 11 is 12.0. The summed E-state index contributed by atoms with van der Waals surface area (Å²) in [6, 6.07) is 3.81. The fourth-order valence-corrected chi connectivity index (χ4v) is 3.30. The molecule has 132 valence electrons. The smallest absolute Gasteiger partial charge is 0.319 e. The number of carbonyl (C=O) groups excluding carboxylic acids is 2. The minimum absolute atomic E-state index is 0.107. The second-order valence-corrected chi connectivity index (χ2v) is 6.44. The van der Waals surface area contributed by atoms with Crippen LogP contribution in [0.3, 0.4) is 0 Å². The lowest BCUT2D eigenvalue weighted by molar-refractivity contribution is -0.131. The Bertz CT molecular complexity index is 858. The van der Waals surface area contributed by atoms with Crippen molar-refractivity contribution in [1.29, 1.82) is 0 Å². The number of alkyl halides is 2. The number of benzene rings is 1. The second kappa shape index (κ2) is 6.27. The van der Waals surface area contributed by atoms with Crippen LogP contribution in [0.1, 0.15) is 24.9 Å². The molecule has 0 saturated carbocycles. The van der Waals surface area contributed by atoms with Gasteiger partial charge in [0.1, 0.15) is 11.4 Å². The first kappa shape index (κ1) is 17.6. The topological polar surface area (TPSA) is 67.2 Å². The molecule has 1 unspecified atom stereocenters. The molecular weight excluding hydrogens is 377 g/mol. The summed E-state index contributed by atoms with van der Waals surface area (Å²) in [5, 5.41) is 3.14. The van der Waals surface area contributed by atoms with Gasteiger partial charge in [0.2, 0.25) is 0 Å². The molecule has 1 saturated heterocycles. The summed E-state index contributed by atoms with van der Waals surface area (Å²) in [6.07, 6.45) is 2.25. The molecule has 10 heteroatoms. The summed E-state index contributed by atoms with van der Waals surface area (Å²) in [5.41, 5.74) is -1.07. The summed E-state index contributed by atoms with van der Waals surface area (Å²) in [4.78, 5) is 29.7. The fourth-order valence-electron chi connectivity index (χ4n) is 2.70. The van der Waals surface area contributed by atoms with Gasteiger partial charge >= 0.3 is 12.6 Å². The quantitative estimate of drug-likeness (QED) is 0.814. The number of halogens is 4. The lowest BCUT2D eigenvalue weighted by atomic mass is 9.92.